The zero-order valence-corrected chi connectivity index (χ0v) is 18.9. The molecule has 7 nitrogen and oxygen atoms in total. The van der Waals surface area contributed by atoms with Crippen LogP contribution >= 0.6 is 0 Å². The van der Waals surface area contributed by atoms with Gasteiger partial charge in [-0.2, -0.15) is 0 Å². The van der Waals surface area contributed by atoms with E-state index in [-0.39, 0.29) is 12.8 Å². The molecular formula is C25H28F2N4O3. The topological polar surface area (TPSA) is 108 Å². The van der Waals surface area contributed by atoms with Crippen molar-refractivity contribution in [1.82, 2.24) is 15.7 Å². The zero-order valence-electron chi connectivity index (χ0n) is 18.9. The minimum absolute atomic E-state index is 0.0955. The van der Waals surface area contributed by atoms with Crippen molar-refractivity contribution in [1.29, 1.82) is 0 Å². The molecule has 3 rings (SSSR count). The molecule has 0 saturated carbocycles. The molecule has 1 aliphatic heterocycles. The van der Waals surface area contributed by atoms with Gasteiger partial charge in [0.15, 0.2) is 0 Å². The minimum atomic E-state index is -2.54. The van der Waals surface area contributed by atoms with Crippen LogP contribution in [0.5, 0.6) is 0 Å². The number of carbonyl (C=O) groups excluding carboxylic acids is 2. The molecule has 2 amide bonds. The number of hydroxylamine groups is 1. The molecule has 180 valence electrons. The molecule has 1 fully saturated rings. The van der Waals surface area contributed by atoms with Crippen LogP contribution in [0.2, 0.25) is 0 Å². The summed E-state index contributed by atoms with van der Waals surface area (Å²) in [7, 11) is 0. The summed E-state index contributed by atoms with van der Waals surface area (Å²) in [5.74, 6) is 2.25. The van der Waals surface area contributed by atoms with Gasteiger partial charge in [-0.15, -0.1) is 0 Å². The van der Waals surface area contributed by atoms with Crippen LogP contribution in [0.4, 0.5) is 8.78 Å². The minimum Gasteiger partial charge on any atom is -0.339 e. The van der Waals surface area contributed by atoms with Gasteiger partial charge in [-0.25, -0.2) is 14.3 Å². The molecule has 1 aliphatic rings. The Hall–Kier alpha value is -3.32. The molecule has 1 heterocycles. The van der Waals surface area contributed by atoms with E-state index < -0.39 is 29.8 Å². The molecule has 34 heavy (non-hydrogen) atoms. The maximum Gasteiger partial charge on any atom is 0.267 e. The van der Waals surface area contributed by atoms with Crippen molar-refractivity contribution in [2.45, 2.75) is 44.3 Å². The monoisotopic (exact) mass is 470 g/mol. The summed E-state index contributed by atoms with van der Waals surface area (Å²) in [6.07, 6.45) is -0.191. The zero-order chi connectivity index (χ0) is 24.7. The number of likely N-dealkylation sites (tertiary alicyclic amines) is 1. The van der Waals surface area contributed by atoms with Gasteiger partial charge in [-0.05, 0) is 48.9 Å². The van der Waals surface area contributed by atoms with Gasteiger partial charge in [-0.1, -0.05) is 24.0 Å². The van der Waals surface area contributed by atoms with E-state index in [1.165, 1.54) is 5.48 Å². The maximum absolute atomic E-state index is 13.3. The summed E-state index contributed by atoms with van der Waals surface area (Å²) < 4.78 is 26.6. The number of hydrogen-bond donors (Lipinski definition) is 4. The Balaban J connectivity index is 1.57. The van der Waals surface area contributed by atoms with Gasteiger partial charge in [0.1, 0.15) is 6.04 Å². The second-order valence-corrected chi connectivity index (χ2v) is 8.44. The van der Waals surface area contributed by atoms with E-state index in [0.717, 1.165) is 11.1 Å². The third kappa shape index (κ3) is 7.09. The molecule has 5 N–H and O–H groups in total. The van der Waals surface area contributed by atoms with Gasteiger partial charge >= 0.3 is 0 Å². The third-order valence-electron chi connectivity index (χ3n) is 5.65. The summed E-state index contributed by atoms with van der Waals surface area (Å²) >= 11 is 0. The highest BCUT2D eigenvalue weighted by atomic mass is 19.3. The second kappa shape index (κ2) is 11.2. The second-order valence-electron chi connectivity index (χ2n) is 8.44. The number of nitrogens with two attached hydrogens (primary N) is 1. The normalized spacial score (nSPS) is 17.1. The first kappa shape index (κ1) is 25.3. The number of amides is 2. The van der Waals surface area contributed by atoms with Crippen molar-refractivity contribution in [3.8, 4) is 11.8 Å². The fourth-order valence-electron chi connectivity index (χ4n) is 3.57. The molecule has 2 atom stereocenters. The maximum atomic E-state index is 13.3. The quantitative estimate of drug-likeness (QED) is 0.294. The number of alkyl halides is 2. The van der Waals surface area contributed by atoms with Crippen molar-refractivity contribution in [2.75, 3.05) is 13.1 Å². The summed E-state index contributed by atoms with van der Waals surface area (Å²) in [4.78, 5) is 26.0. The Bertz CT molecular complexity index is 1050. The predicted octanol–water partition coefficient (Wildman–Crippen LogP) is 2.27. The summed E-state index contributed by atoms with van der Waals surface area (Å²) in [6, 6.07) is 12.5. The van der Waals surface area contributed by atoms with Crippen LogP contribution in [-0.4, -0.2) is 53.0 Å². The lowest BCUT2D eigenvalue weighted by molar-refractivity contribution is -0.131. The highest BCUT2D eigenvalue weighted by molar-refractivity contribution is 5.97. The van der Waals surface area contributed by atoms with Gasteiger partial charge in [-0.3, -0.25) is 19.7 Å². The van der Waals surface area contributed by atoms with E-state index in [1.807, 2.05) is 29.2 Å². The predicted molar refractivity (Wildman–Crippen MR) is 123 cm³/mol. The van der Waals surface area contributed by atoms with Crippen LogP contribution in [0.1, 0.15) is 46.8 Å². The van der Waals surface area contributed by atoms with E-state index in [1.54, 1.807) is 31.2 Å². The molecule has 2 unspecified atom stereocenters. The van der Waals surface area contributed by atoms with Crippen molar-refractivity contribution < 1.29 is 23.6 Å². The smallest absolute Gasteiger partial charge is 0.267 e. The van der Waals surface area contributed by atoms with E-state index in [4.69, 9.17) is 10.9 Å². The fourth-order valence-corrected chi connectivity index (χ4v) is 3.57. The Labute approximate surface area is 197 Å². The van der Waals surface area contributed by atoms with Crippen molar-refractivity contribution in [3.63, 3.8) is 0 Å². The number of nitrogens with zero attached hydrogens (tertiary/aromatic N) is 1. The number of piperidine rings is 1. The SMILES string of the molecule is CC(N)C(NC(=O)c1ccc(C#Cc2ccc(CN3CCC(F)(F)CC3)cc2)cc1)C(=O)NO. The van der Waals surface area contributed by atoms with Crippen molar-refractivity contribution in [3.05, 3.63) is 70.8 Å². The average molecular weight is 471 g/mol. The fraction of sp³-hybridized carbons (Fsp3) is 0.360. The summed E-state index contributed by atoms with van der Waals surface area (Å²) in [5.41, 5.74) is 10.1. The van der Waals surface area contributed by atoms with Crippen molar-refractivity contribution >= 4 is 11.8 Å². The molecule has 0 radical (unpaired) electrons. The number of nitrogens with one attached hydrogen (secondary N) is 2. The standard InChI is InChI=1S/C25H28F2N4O3/c1-17(28)22(24(33)30-34)29-23(32)21-10-8-19(9-11-21)3-2-18-4-6-20(7-5-18)16-31-14-12-25(26,27)13-15-31/h4-11,17,22,34H,12-16,28H2,1H3,(H,29,32)(H,30,33). The Morgan fingerprint density at radius 3 is 2.09 bits per heavy atom. The number of carbonyl (C=O) groups is 2. The molecule has 0 spiro atoms. The number of rotatable bonds is 6. The molecule has 0 aliphatic carbocycles. The Kier molecular flexibility index (Phi) is 8.34. The highest BCUT2D eigenvalue weighted by Crippen LogP contribution is 2.28. The lowest BCUT2D eigenvalue weighted by atomic mass is 10.1. The van der Waals surface area contributed by atoms with Crippen molar-refractivity contribution in [2.24, 2.45) is 5.73 Å². The van der Waals surface area contributed by atoms with Gasteiger partial charge in [0, 0.05) is 55.2 Å². The number of benzene rings is 2. The first-order valence-electron chi connectivity index (χ1n) is 11.0. The molecule has 0 bridgehead atoms. The molecule has 9 heteroatoms. The van der Waals surface area contributed by atoms with E-state index in [0.29, 0.717) is 30.8 Å². The molecule has 2 aromatic carbocycles. The van der Waals surface area contributed by atoms with Gasteiger partial charge < -0.3 is 11.1 Å². The van der Waals surface area contributed by atoms with Crippen LogP contribution in [-0.2, 0) is 11.3 Å². The van der Waals surface area contributed by atoms with E-state index in [2.05, 4.69) is 17.2 Å². The lowest BCUT2D eigenvalue weighted by Crippen LogP contribution is -2.54. The Morgan fingerprint density at radius 1 is 1.06 bits per heavy atom. The highest BCUT2D eigenvalue weighted by Gasteiger charge is 2.33. The van der Waals surface area contributed by atoms with Crippen LogP contribution in [0.25, 0.3) is 0 Å². The first-order chi connectivity index (χ1) is 16.2. The molecular weight excluding hydrogens is 442 g/mol. The van der Waals surface area contributed by atoms with E-state index in [9.17, 15) is 18.4 Å². The summed E-state index contributed by atoms with van der Waals surface area (Å²) in [6.45, 7) is 2.96. The van der Waals surface area contributed by atoms with Crippen LogP contribution in [0.3, 0.4) is 0 Å². The van der Waals surface area contributed by atoms with Gasteiger partial charge in [0.25, 0.3) is 17.7 Å². The molecule has 2 aromatic rings. The Morgan fingerprint density at radius 2 is 1.59 bits per heavy atom. The molecule has 0 aromatic heterocycles. The van der Waals surface area contributed by atoms with Crippen LogP contribution < -0.4 is 16.5 Å². The number of halogens is 2. The molecule has 1 saturated heterocycles. The van der Waals surface area contributed by atoms with Crippen LogP contribution in [0, 0.1) is 11.8 Å². The average Bonchev–Trinajstić information content (AvgIpc) is 2.83. The third-order valence-corrected chi connectivity index (χ3v) is 5.65. The lowest BCUT2D eigenvalue weighted by Gasteiger charge is -2.31. The van der Waals surface area contributed by atoms with Gasteiger partial charge in [0.05, 0.1) is 0 Å². The first-order valence-corrected chi connectivity index (χ1v) is 11.0. The number of hydrogen-bond acceptors (Lipinski definition) is 5. The summed E-state index contributed by atoms with van der Waals surface area (Å²) in [5, 5.41) is 11.3. The van der Waals surface area contributed by atoms with Crippen LogP contribution in [0.15, 0.2) is 48.5 Å². The largest absolute Gasteiger partial charge is 0.339 e. The van der Waals surface area contributed by atoms with Gasteiger partial charge in [0.2, 0.25) is 0 Å². The van der Waals surface area contributed by atoms with E-state index >= 15 is 0 Å².